The van der Waals surface area contributed by atoms with Crippen LogP contribution < -0.4 is 4.74 Å². The summed E-state index contributed by atoms with van der Waals surface area (Å²) >= 11 is 0. The zero-order valence-electron chi connectivity index (χ0n) is 8.62. The topological polar surface area (TPSA) is 42.2 Å². The Kier molecular flexibility index (Phi) is 2.94. The molecule has 1 aliphatic rings. The monoisotopic (exact) mass is 243 g/mol. The fraction of sp³-hybridized carbons (Fsp3) is 0.364. The van der Waals surface area contributed by atoms with Crippen molar-refractivity contribution in [3.63, 3.8) is 0 Å². The molecule has 1 aliphatic heterocycles. The third-order valence-corrected chi connectivity index (χ3v) is 2.33. The summed E-state index contributed by atoms with van der Waals surface area (Å²) < 4.78 is 48.0. The van der Waals surface area contributed by atoms with Crippen molar-refractivity contribution >= 4 is 0 Å². The standard InChI is InChI=1S/C11H8F3NO2/c12-11(13,14)10-3-8(2-1-7(10)4-15)17-9-5-16-6-9/h1-3,9H,5-6H2. The van der Waals surface area contributed by atoms with Crippen LogP contribution in [0.3, 0.4) is 0 Å². The van der Waals surface area contributed by atoms with Crippen molar-refractivity contribution in [2.24, 2.45) is 0 Å². The number of hydrogen-bond donors (Lipinski definition) is 0. The molecule has 3 nitrogen and oxygen atoms in total. The van der Waals surface area contributed by atoms with Crippen molar-refractivity contribution in [1.82, 2.24) is 0 Å². The highest BCUT2D eigenvalue weighted by atomic mass is 19.4. The number of halogens is 3. The molecule has 0 bridgehead atoms. The van der Waals surface area contributed by atoms with Gasteiger partial charge in [0, 0.05) is 0 Å². The molecule has 0 aromatic heterocycles. The van der Waals surface area contributed by atoms with E-state index >= 15 is 0 Å². The molecule has 0 saturated carbocycles. The van der Waals surface area contributed by atoms with Gasteiger partial charge in [-0.3, -0.25) is 0 Å². The van der Waals surface area contributed by atoms with Gasteiger partial charge in [-0.25, -0.2) is 0 Å². The Bertz CT molecular complexity index is 461. The molecule has 17 heavy (non-hydrogen) atoms. The molecule has 1 saturated heterocycles. The summed E-state index contributed by atoms with van der Waals surface area (Å²) in [7, 11) is 0. The Morgan fingerprint density at radius 1 is 1.35 bits per heavy atom. The minimum absolute atomic E-state index is 0.102. The van der Waals surface area contributed by atoms with E-state index in [0.717, 1.165) is 12.1 Å². The molecule has 1 aromatic carbocycles. The van der Waals surface area contributed by atoms with Gasteiger partial charge in [0.25, 0.3) is 0 Å². The van der Waals surface area contributed by atoms with Crippen molar-refractivity contribution in [3.8, 4) is 11.8 Å². The first kappa shape index (κ1) is 11.7. The maximum Gasteiger partial charge on any atom is 0.417 e. The van der Waals surface area contributed by atoms with Crippen LogP contribution in [-0.2, 0) is 10.9 Å². The zero-order valence-corrected chi connectivity index (χ0v) is 8.62. The third-order valence-electron chi connectivity index (χ3n) is 2.33. The highest BCUT2D eigenvalue weighted by molar-refractivity contribution is 5.44. The molecule has 0 spiro atoms. The third kappa shape index (κ3) is 2.50. The van der Waals surface area contributed by atoms with Gasteiger partial charge in [-0.1, -0.05) is 0 Å². The number of alkyl halides is 3. The van der Waals surface area contributed by atoms with Gasteiger partial charge >= 0.3 is 6.18 Å². The SMILES string of the molecule is N#Cc1ccc(OC2COC2)cc1C(F)(F)F. The molecule has 1 heterocycles. The van der Waals surface area contributed by atoms with E-state index in [0.29, 0.717) is 13.2 Å². The molecule has 2 rings (SSSR count). The summed E-state index contributed by atoms with van der Waals surface area (Å²) in [6.45, 7) is 0.753. The largest absolute Gasteiger partial charge is 0.486 e. The van der Waals surface area contributed by atoms with Crippen LogP contribution in [0, 0.1) is 11.3 Å². The molecule has 90 valence electrons. The zero-order chi connectivity index (χ0) is 12.5. The van der Waals surface area contributed by atoms with Crippen LogP contribution in [0.15, 0.2) is 18.2 Å². The van der Waals surface area contributed by atoms with E-state index in [1.165, 1.54) is 12.1 Å². The molecule has 0 aliphatic carbocycles. The molecular formula is C11H8F3NO2. The predicted molar refractivity (Wildman–Crippen MR) is 51.4 cm³/mol. The maximum absolute atomic E-state index is 12.6. The van der Waals surface area contributed by atoms with Gasteiger partial charge in [0.15, 0.2) is 0 Å². The lowest BCUT2D eigenvalue weighted by Crippen LogP contribution is -2.38. The van der Waals surface area contributed by atoms with Crippen LogP contribution in [-0.4, -0.2) is 19.3 Å². The lowest BCUT2D eigenvalue weighted by molar-refractivity contribution is -0.138. The maximum atomic E-state index is 12.6. The Labute approximate surface area is 95.4 Å². The fourth-order valence-corrected chi connectivity index (χ4v) is 1.40. The molecule has 0 radical (unpaired) electrons. The second-order valence-corrected chi connectivity index (χ2v) is 3.59. The van der Waals surface area contributed by atoms with E-state index in [4.69, 9.17) is 14.7 Å². The van der Waals surface area contributed by atoms with Gasteiger partial charge < -0.3 is 9.47 Å². The van der Waals surface area contributed by atoms with E-state index in [2.05, 4.69) is 0 Å². The average molecular weight is 243 g/mol. The first-order chi connectivity index (χ1) is 8.00. The Morgan fingerprint density at radius 2 is 2.06 bits per heavy atom. The van der Waals surface area contributed by atoms with Crippen LogP contribution in [0.1, 0.15) is 11.1 Å². The lowest BCUT2D eigenvalue weighted by atomic mass is 10.1. The number of nitrogens with zero attached hydrogens (tertiary/aromatic N) is 1. The van der Waals surface area contributed by atoms with Crippen LogP contribution >= 0.6 is 0 Å². The number of rotatable bonds is 2. The minimum Gasteiger partial charge on any atom is -0.486 e. The van der Waals surface area contributed by atoms with Gasteiger partial charge in [-0.05, 0) is 18.2 Å². The molecule has 6 heteroatoms. The predicted octanol–water partition coefficient (Wildman–Crippen LogP) is 2.35. The smallest absolute Gasteiger partial charge is 0.417 e. The van der Waals surface area contributed by atoms with E-state index in [1.54, 1.807) is 0 Å². The molecule has 1 aromatic rings. The van der Waals surface area contributed by atoms with Crippen LogP contribution in [0.4, 0.5) is 13.2 Å². The van der Waals surface area contributed by atoms with Crippen molar-refractivity contribution < 1.29 is 22.6 Å². The Hall–Kier alpha value is -1.74. The summed E-state index contributed by atoms with van der Waals surface area (Å²) in [5.74, 6) is 0.102. The van der Waals surface area contributed by atoms with Crippen molar-refractivity contribution in [3.05, 3.63) is 29.3 Å². The van der Waals surface area contributed by atoms with Crippen molar-refractivity contribution in [2.75, 3.05) is 13.2 Å². The highest BCUT2D eigenvalue weighted by Crippen LogP contribution is 2.34. The molecule has 0 N–H and O–H groups in total. The molecular weight excluding hydrogens is 235 g/mol. The van der Waals surface area contributed by atoms with E-state index in [1.807, 2.05) is 0 Å². The number of hydrogen-bond acceptors (Lipinski definition) is 3. The second kappa shape index (κ2) is 4.26. The second-order valence-electron chi connectivity index (χ2n) is 3.59. The number of nitriles is 1. The van der Waals surface area contributed by atoms with Crippen LogP contribution in [0.5, 0.6) is 5.75 Å². The van der Waals surface area contributed by atoms with Crippen LogP contribution in [0.25, 0.3) is 0 Å². The van der Waals surface area contributed by atoms with Gasteiger partial charge in [0.05, 0.1) is 30.4 Å². The summed E-state index contributed by atoms with van der Waals surface area (Å²) in [6.07, 6.45) is -4.76. The average Bonchev–Trinajstić information content (AvgIpc) is 2.22. The van der Waals surface area contributed by atoms with Gasteiger partial charge in [-0.15, -0.1) is 0 Å². The molecule has 0 amide bonds. The highest BCUT2D eigenvalue weighted by Gasteiger charge is 2.34. The van der Waals surface area contributed by atoms with E-state index in [-0.39, 0.29) is 11.9 Å². The quantitative estimate of drug-likeness (QED) is 0.800. The fourth-order valence-electron chi connectivity index (χ4n) is 1.40. The Morgan fingerprint density at radius 3 is 2.53 bits per heavy atom. The summed E-state index contributed by atoms with van der Waals surface area (Å²) in [4.78, 5) is 0. The van der Waals surface area contributed by atoms with E-state index in [9.17, 15) is 13.2 Å². The number of ether oxygens (including phenoxy) is 2. The Balaban J connectivity index is 2.28. The normalized spacial score (nSPS) is 16.1. The van der Waals surface area contributed by atoms with E-state index < -0.39 is 17.3 Å². The van der Waals surface area contributed by atoms with Gasteiger partial charge in [0.2, 0.25) is 0 Å². The minimum atomic E-state index is -4.56. The van der Waals surface area contributed by atoms with Gasteiger partial charge in [0.1, 0.15) is 11.9 Å². The molecule has 0 atom stereocenters. The van der Waals surface area contributed by atoms with Crippen molar-refractivity contribution in [1.29, 1.82) is 5.26 Å². The lowest BCUT2D eigenvalue weighted by Gasteiger charge is -2.27. The first-order valence-corrected chi connectivity index (χ1v) is 4.86. The first-order valence-electron chi connectivity index (χ1n) is 4.86. The van der Waals surface area contributed by atoms with Gasteiger partial charge in [-0.2, -0.15) is 18.4 Å². The number of benzene rings is 1. The molecule has 0 unspecified atom stereocenters. The summed E-state index contributed by atoms with van der Waals surface area (Å²) in [5, 5.41) is 8.60. The van der Waals surface area contributed by atoms with Crippen molar-refractivity contribution in [2.45, 2.75) is 12.3 Å². The summed E-state index contributed by atoms with van der Waals surface area (Å²) in [6, 6.07) is 4.82. The summed E-state index contributed by atoms with van der Waals surface area (Å²) in [5.41, 5.74) is -1.38. The van der Waals surface area contributed by atoms with Crippen LogP contribution in [0.2, 0.25) is 0 Å². The molecule has 1 fully saturated rings.